The lowest BCUT2D eigenvalue weighted by molar-refractivity contribution is 0.0892. The first-order valence-electron chi connectivity index (χ1n) is 8.09. The van der Waals surface area contributed by atoms with Crippen molar-refractivity contribution in [2.24, 2.45) is 0 Å². The van der Waals surface area contributed by atoms with E-state index in [1.54, 1.807) is 22.2 Å². The monoisotopic (exact) mass is 360 g/mol. The normalized spacial score (nSPS) is 16.2. The van der Waals surface area contributed by atoms with Crippen LogP contribution in [0.1, 0.15) is 15.4 Å². The van der Waals surface area contributed by atoms with Gasteiger partial charge in [-0.2, -0.15) is 5.10 Å². The van der Waals surface area contributed by atoms with Crippen LogP contribution in [0.15, 0.2) is 29.9 Å². The third-order valence-corrected chi connectivity index (χ3v) is 6.28. The van der Waals surface area contributed by atoms with Crippen molar-refractivity contribution in [3.8, 4) is 10.6 Å². The number of fused-ring (bicyclic) bond motifs is 1. The van der Waals surface area contributed by atoms with Crippen LogP contribution in [0.4, 0.5) is 0 Å². The van der Waals surface area contributed by atoms with E-state index in [0.717, 1.165) is 30.2 Å². The molecule has 0 bridgehead atoms. The number of aryl methyl sites for hydroxylation is 1. The zero-order valence-electron chi connectivity index (χ0n) is 13.6. The summed E-state index contributed by atoms with van der Waals surface area (Å²) < 4.78 is 1.79. The highest BCUT2D eigenvalue weighted by molar-refractivity contribution is 7.16. The quantitative estimate of drug-likeness (QED) is 0.760. The molecule has 0 fully saturated rings. The zero-order chi connectivity index (χ0) is 16.5. The summed E-state index contributed by atoms with van der Waals surface area (Å²) in [4.78, 5) is 9.66. The molecule has 0 amide bonds. The maximum atomic E-state index is 10.3. The molecule has 0 spiro atoms. The highest BCUT2D eigenvalue weighted by atomic mass is 32.1. The van der Waals surface area contributed by atoms with Gasteiger partial charge in [0, 0.05) is 42.3 Å². The molecule has 7 heteroatoms. The number of β-amino-alcohol motifs (C(OH)–C–C–N with tert-alkyl or cyclic N) is 1. The molecule has 0 aliphatic carbocycles. The van der Waals surface area contributed by atoms with Crippen molar-refractivity contribution in [1.29, 1.82) is 0 Å². The van der Waals surface area contributed by atoms with E-state index in [9.17, 15) is 5.11 Å². The van der Waals surface area contributed by atoms with Gasteiger partial charge in [0.25, 0.3) is 0 Å². The minimum Gasteiger partial charge on any atom is -0.390 e. The highest BCUT2D eigenvalue weighted by Gasteiger charge is 2.22. The van der Waals surface area contributed by atoms with Gasteiger partial charge in [0.05, 0.1) is 28.2 Å². The first-order chi connectivity index (χ1) is 11.7. The molecule has 1 unspecified atom stereocenters. The lowest BCUT2D eigenvalue weighted by Crippen LogP contribution is -2.37. The van der Waals surface area contributed by atoms with Crippen molar-refractivity contribution in [2.45, 2.75) is 32.5 Å². The SMILES string of the molecule is Cc1nc(-c2cc3c(s2)CCN(CC(O)Cn2cccn2)C3)cs1. The Labute approximate surface area is 149 Å². The summed E-state index contributed by atoms with van der Waals surface area (Å²) in [6, 6.07) is 4.16. The van der Waals surface area contributed by atoms with Crippen LogP contribution in [0.2, 0.25) is 0 Å². The third kappa shape index (κ3) is 3.44. The fraction of sp³-hybridized carbons (Fsp3) is 0.412. The Morgan fingerprint density at radius 2 is 2.29 bits per heavy atom. The van der Waals surface area contributed by atoms with Crippen LogP contribution >= 0.6 is 22.7 Å². The fourth-order valence-electron chi connectivity index (χ4n) is 3.13. The summed E-state index contributed by atoms with van der Waals surface area (Å²) in [5, 5.41) is 17.7. The van der Waals surface area contributed by atoms with Gasteiger partial charge in [0.15, 0.2) is 0 Å². The number of hydrogen-bond donors (Lipinski definition) is 1. The summed E-state index contributed by atoms with van der Waals surface area (Å²) in [6.45, 7) is 5.18. The van der Waals surface area contributed by atoms with Crippen molar-refractivity contribution in [2.75, 3.05) is 13.1 Å². The lowest BCUT2D eigenvalue weighted by Gasteiger charge is -2.28. The molecule has 3 aromatic rings. The Morgan fingerprint density at radius 3 is 3.04 bits per heavy atom. The van der Waals surface area contributed by atoms with Crippen molar-refractivity contribution >= 4 is 22.7 Å². The second-order valence-electron chi connectivity index (χ2n) is 6.18. The third-order valence-electron chi connectivity index (χ3n) is 4.24. The van der Waals surface area contributed by atoms with Crippen LogP contribution in [0.3, 0.4) is 0 Å². The summed E-state index contributed by atoms with van der Waals surface area (Å²) in [6.07, 6.45) is 4.29. The molecule has 4 heterocycles. The van der Waals surface area contributed by atoms with E-state index >= 15 is 0 Å². The topological polar surface area (TPSA) is 54.2 Å². The van der Waals surface area contributed by atoms with Gasteiger partial charge >= 0.3 is 0 Å². The minimum absolute atomic E-state index is 0.397. The van der Waals surface area contributed by atoms with E-state index in [1.807, 2.05) is 30.5 Å². The van der Waals surface area contributed by atoms with Crippen LogP contribution in [-0.4, -0.2) is 44.0 Å². The first-order valence-corrected chi connectivity index (χ1v) is 9.79. The summed E-state index contributed by atoms with van der Waals surface area (Å²) in [7, 11) is 0. The van der Waals surface area contributed by atoms with Gasteiger partial charge in [0.2, 0.25) is 0 Å². The van der Waals surface area contributed by atoms with Gasteiger partial charge in [-0.25, -0.2) is 4.98 Å². The Bertz CT molecular complexity index is 809. The average molecular weight is 361 g/mol. The maximum absolute atomic E-state index is 10.3. The van der Waals surface area contributed by atoms with Gasteiger partial charge in [0.1, 0.15) is 0 Å². The highest BCUT2D eigenvalue weighted by Crippen LogP contribution is 2.35. The number of rotatable bonds is 5. The summed E-state index contributed by atoms with van der Waals surface area (Å²) in [5.41, 5.74) is 2.49. The van der Waals surface area contributed by atoms with Gasteiger partial charge in [-0.1, -0.05) is 0 Å². The van der Waals surface area contributed by atoms with Crippen LogP contribution < -0.4 is 0 Å². The number of aromatic nitrogens is 3. The van der Waals surface area contributed by atoms with Gasteiger partial charge in [-0.05, 0) is 31.0 Å². The fourth-order valence-corrected chi connectivity index (χ4v) is 4.94. The predicted octanol–water partition coefficient (Wildman–Crippen LogP) is 2.80. The summed E-state index contributed by atoms with van der Waals surface area (Å²) >= 11 is 3.57. The van der Waals surface area contributed by atoms with Crippen molar-refractivity contribution in [3.63, 3.8) is 0 Å². The second kappa shape index (κ2) is 6.76. The first kappa shape index (κ1) is 16.0. The van der Waals surface area contributed by atoms with E-state index in [1.165, 1.54) is 15.3 Å². The van der Waals surface area contributed by atoms with Crippen LogP contribution in [0.5, 0.6) is 0 Å². The minimum atomic E-state index is -0.397. The number of hydrogen-bond acceptors (Lipinski definition) is 6. The molecule has 126 valence electrons. The van der Waals surface area contributed by atoms with Crippen LogP contribution in [0, 0.1) is 6.92 Å². The van der Waals surface area contributed by atoms with E-state index in [-0.39, 0.29) is 0 Å². The van der Waals surface area contributed by atoms with E-state index in [0.29, 0.717) is 13.1 Å². The molecule has 3 aromatic heterocycles. The van der Waals surface area contributed by atoms with Gasteiger partial charge in [-0.3, -0.25) is 9.58 Å². The molecule has 1 N–H and O–H groups in total. The Balaban J connectivity index is 1.41. The van der Waals surface area contributed by atoms with Crippen molar-refractivity contribution in [1.82, 2.24) is 19.7 Å². The molecular formula is C17H20N4OS2. The maximum Gasteiger partial charge on any atom is 0.0914 e. The average Bonchev–Trinajstić information content (AvgIpc) is 3.26. The molecule has 0 aromatic carbocycles. The molecule has 1 aliphatic rings. The molecule has 0 saturated carbocycles. The number of aliphatic hydroxyl groups excluding tert-OH is 1. The van der Waals surface area contributed by atoms with Crippen molar-refractivity contribution < 1.29 is 5.11 Å². The summed E-state index contributed by atoms with van der Waals surface area (Å²) in [5.74, 6) is 0. The standard InChI is InChI=1S/C17H20N4OS2/c1-12-19-15(11-23-12)17-7-13-8-20(6-3-16(13)24-17)9-14(22)10-21-5-2-4-18-21/h2,4-5,7,11,14,22H,3,6,8-10H2,1H3. The predicted molar refractivity (Wildman–Crippen MR) is 97.4 cm³/mol. The molecule has 0 saturated heterocycles. The van der Waals surface area contributed by atoms with Crippen molar-refractivity contribution in [3.05, 3.63) is 45.4 Å². The lowest BCUT2D eigenvalue weighted by atomic mass is 10.1. The number of aliphatic hydroxyl groups is 1. The van der Waals surface area contributed by atoms with E-state index < -0.39 is 6.10 Å². The van der Waals surface area contributed by atoms with E-state index in [2.05, 4.69) is 26.4 Å². The largest absolute Gasteiger partial charge is 0.390 e. The zero-order valence-corrected chi connectivity index (χ0v) is 15.2. The molecule has 1 atom stereocenters. The number of nitrogens with zero attached hydrogens (tertiary/aromatic N) is 4. The number of thiophene rings is 1. The number of thiazole rings is 1. The van der Waals surface area contributed by atoms with Gasteiger partial charge in [-0.15, -0.1) is 22.7 Å². The molecule has 4 rings (SSSR count). The molecule has 1 aliphatic heterocycles. The Hall–Kier alpha value is -1.54. The Kier molecular flexibility index (Phi) is 4.49. The van der Waals surface area contributed by atoms with Crippen LogP contribution in [0.25, 0.3) is 10.6 Å². The van der Waals surface area contributed by atoms with Crippen LogP contribution in [-0.2, 0) is 19.5 Å². The van der Waals surface area contributed by atoms with E-state index in [4.69, 9.17) is 0 Å². The molecule has 5 nitrogen and oxygen atoms in total. The van der Waals surface area contributed by atoms with Gasteiger partial charge < -0.3 is 5.11 Å². The smallest absolute Gasteiger partial charge is 0.0914 e. The Morgan fingerprint density at radius 1 is 1.38 bits per heavy atom. The second-order valence-corrected chi connectivity index (χ2v) is 8.38. The molecule has 0 radical (unpaired) electrons. The molecule has 24 heavy (non-hydrogen) atoms. The molecular weight excluding hydrogens is 340 g/mol.